The highest BCUT2D eigenvalue weighted by Crippen LogP contribution is 2.10. The highest BCUT2D eigenvalue weighted by Gasteiger charge is 2.10. The lowest BCUT2D eigenvalue weighted by Crippen LogP contribution is -2.19. The molecule has 1 aromatic carbocycles. The van der Waals surface area contributed by atoms with Gasteiger partial charge in [-0.3, -0.25) is 14.4 Å². The maximum absolute atomic E-state index is 11.5. The van der Waals surface area contributed by atoms with Gasteiger partial charge in [-0.05, 0) is 24.3 Å². The van der Waals surface area contributed by atoms with Crippen molar-refractivity contribution in [2.24, 2.45) is 0 Å². The minimum absolute atomic E-state index is 0.0111. The van der Waals surface area contributed by atoms with Crippen molar-refractivity contribution in [1.29, 1.82) is 0 Å². The summed E-state index contributed by atoms with van der Waals surface area (Å²) in [6.07, 6.45) is -0.238. The van der Waals surface area contributed by atoms with Crippen LogP contribution in [0, 0.1) is 0 Å². The second-order valence-electron chi connectivity index (χ2n) is 4.13. The number of nitrogens with one attached hydrogen (secondary N) is 1. The van der Waals surface area contributed by atoms with Crippen molar-refractivity contribution >= 4 is 23.2 Å². The summed E-state index contributed by atoms with van der Waals surface area (Å²) in [7, 11) is 2.84. The number of ether oxygens (including phenoxy) is 2. The zero-order valence-corrected chi connectivity index (χ0v) is 11.5. The van der Waals surface area contributed by atoms with Crippen LogP contribution in [0.15, 0.2) is 24.3 Å². The molecule has 108 valence electrons. The zero-order valence-electron chi connectivity index (χ0n) is 11.5. The van der Waals surface area contributed by atoms with Crippen molar-refractivity contribution in [2.45, 2.75) is 6.42 Å². The molecule has 6 heteroatoms. The Bertz CT molecular complexity index is 481. The fraction of sp³-hybridized carbons (Fsp3) is 0.357. The number of benzene rings is 1. The van der Waals surface area contributed by atoms with Crippen molar-refractivity contribution in [2.75, 3.05) is 32.8 Å². The molecule has 0 heterocycles. The van der Waals surface area contributed by atoms with Crippen molar-refractivity contribution < 1.29 is 23.9 Å². The third kappa shape index (κ3) is 5.29. The largest absolute Gasteiger partial charge is 0.377 e. The quantitative estimate of drug-likeness (QED) is 0.568. The van der Waals surface area contributed by atoms with E-state index in [9.17, 15) is 14.4 Å². The number of carbonyl (C=O) groups is 3. The monoisotopic (exact) mass is 279 g/mol. The number of methoxy groups -OCH3 is 2. The minimum atomic E-state index is -0.414. The first-order chi connectivity index (χ1) is 9.56. The van der Waals surface area contributed by atoms with Crippen LogP contribution < -0.4 is 5.32 Å². The Hall–Kier alpha value is -2.05. The second-order valence-corrected chi connectivity index (χ2v) is 4.13. The van der Waals surface area contributed by atoms with E-state index in [2.05, 4.69) is 10.1 Å². The summed E-state index contributed by atoms with van der Waals surface area (Å²) in [6, 6.07) is 6.38. The highest BCUT2D eigenvalue weighted by atomic mass is 16.5. The molecule has 0 radical (unpaired) electrons. The Morgan fingerprint density at radius 3 is 2.15 bits per heavy atom. The molecule has 0 aliphatic heterocycles. The average Bonchev–Trinajstić information content (AvgIpc) is 2.39. The fourth-order valence-corrected chi connectivity index (χ4v) is 1.55. The second kappa shape index (κ2) is 8.19. The van der Waals surface area contributed by atoms with E-state index < -0.39 is 5.91 Å². The van der Waals surface area contributed by atoms with E-state index in [1.54, 1.807) is 24.3 Å². The molecule has 0 unspecified atom stereocenters. The van der Waals surface area contributed by atoms with Gasteiger partial charge in [0, 0.05) is 25.5 Å². The molecule has 0 saturated carbocycles. The van der Waals surface area contributed by atoms with Crippen molar-refractivity contribution in [3.05, 3.63) is 29.8 Å². The first-order valence-corrected chi connectivity index (χ1v) is 5.99. The van der Waals surface area contributed by atoms with Gasteiger partial charge in [-0.25, -0.2) is 0 Å². The molecule has 0 saturated heterocycles. The lowest BCUT2D eigenvalue weighted by atomic mass is 10.1. The molecule has 0 aliphatic rings. The predicted octanol–water partition coefficient (Wildman–Crippen LogP) is 1.06. The van der Waals surface area contributed by atoms with Crippen LogP contribution in [0.3, 0.4) is 0 Å². The first kappa shape index (κ1) is 16.0. The van der Waals surface area contributed by atoms with E-state index in [4.69, 9.17) is 4.74 Å². The van der Waals surface area contributed by atoms with Gasteiger partial charge >= 0.3 is 0 Å². The third-order valence-electron chi connectivity index (χ3n) is 2.43. The summed E-state index contributed by atoms with van der Waals surface area (Å²) in [6.45, 7) is -0.0743. The summed E-state index contributed by atoms with van der Waals surface area (Å²) in [5.74, 6) is -0.847. The molecule has 20 heavy (non-hydrogen) atoms. The topological polar surface area (TPSA) is 81.7 Å². The SMILES string of the molecule is COCC(=O)CC(=O)Nc1ccc(C(=O)COC)cc1. The molecule has 6 nitrogen and oxygen atoms in total. The van der Waals surface area contributed by atoms with Crippen molar-refractivity contribution in [3.8, 4) is 0 Å². The van der Waals surface area contributed by atoms with E-state index in [1.807, 2.05) is 0 Å². The maximum atomic E-state index is 11.5. The number of carbonyl (C=O) groups excluding carboxylic acids is 3. The van der Waals surface area contributed by atoms with Crippen LogP contribution in [-0.4, -0.2) is 44.9 Å². The molecule has 0 atom stereocenters. The van der Waals surface area contributed by atoms with Gasteiger partial charge in [0.05, 0.1) is 6.42 Å². The number of hydrogen-bond donors (Lipinski definition) is 1. The molecule has 1 amide bonds. The molecule has 0 bridgehead atoms. The standard InChI is InChI=1S/C14H17NO5/c1-19-8-12(16)7-14(18)15-11-5-3-10(4-6-11)13(17)9-20-2/h3-6H,7-9H2,1-2H3,(H,15,18). The number of amides is 1. The van der Waals surface area contributed by atoms with Crippen LogP contribution in [0.2, 0.25) is 0 Å². The van der Waals surface area contributed by atoms with Crippen LogP contribution in [0.1, 0.15) is 16.8 Å². The number of hydrogen-bond acceptors (Lipinski definition) is 5. The van der Waals surface area contributed by atoms with Gasteiger partial charge in [-0.1, -0.05) is 0 Å². The molecule has 1 aromatic rings. The van der Waals surface area contributed by atoms with Crippen LogP contribution in [0.4, 0.5) is 5.69 Å². The molecule has 0 spiro atoms. The van der Waals surface area contributed by atoms with Gasteiger partial charge in [0.25, 0.3) is 0 Å². The Morgan fingerprint density at radius 1 is 1.00 bits per heavy atom. The molecule has 0 aromatic heterocycles. The molecule has 0 fully saturated rings. The Labute approximate surface area is 117 Å². The van der Waals surface area contributed by atoms with Crippen molar-refractivity contribution in [3.63, 3.8) is 0 Å². The van der Waals surface area contributed by atoms with Gasteiger partial charge < -0.3 is 14.8 Å². The van der Waals surface area contributed by atoms with Crippen LogP contribution in [0.5, 0.6) is 0 Å². The molecular formula is C14H17NO5. The predicted molar refractivity (Wildman–Crippen MR) is 72.8 cm³/mol. The molecule has 1 N–H and O–H groups in total. The first-order valence-electron chi connectivity index (χ1n) is 5.99. The highest BCUT2D eigenvalue weighted by molar-refractivity contribution is 6.05. The summed E-state index contributed by atoms with van der Waals surface area (Å²) in [4.78, 5) is 34.3. The van der Waals surface area contributed by atoms with Crippen LogP contribution >= 0.6 is 0 Å². The molecular weight excluding hydrogens is 262 g/mol. The number of anilines is 1. The van der Waals surface area contributed by atoms with Crippen molar-refractivity contribution in [1.82, 2.24) is 0 Å². The van der Waals surface area contributed by atoms with E-state index in [0.717, 1.165) is 0 Å². The Morgan fingerprint density at radius 2 is 1.60 bits per heavy atom. The van der Waals surface area contributed by atoms with Crippen LogP contribution in [0.25, 0.3) is 0 Å². The van der Waals surface area contributed by atoms with Gasteiger partial charge in [0.15, 0.2) is 11.6 Å². The smallest absolute Gasteiger partial charge is 0.231 e. The van der Waals surface area contributed by atoms with E-state index in [-0.39, 0.29) is 31.2 Å². The minimum Gasteiger partial charge on any atom is -0.377 e. The third-order valence-corrected chi connectivity index (χ3v) is 2.43. The normalized spacial score (nSPS) is 10.1. The van der Waals surface area contributed by atoms with Gasteiger partial charge in [-0.2, -0.15) is 0 Å². The fourth-order valence-electron chi connectivity index (χ4n) is 1.55. The lowest BCUT2D eigenvalue weighted by molar-refractivity contribution is -0.127. The maximum Gasteiger partial charge on any atom is 0.231 e. The average molecular weight is 279 g/mol. The van der Waals surface area contributed by atoms with E-state index in [1.165, 1.54) is 14.2 Å². The van der Waals surface area contributed by atoms with Crippen LogP contribution in [-0.2, 0) is 19.1 Å². The number of rotatable bonds is 8. The zero-order chi connectivity index (χ0) is 15.0. The van der Waals surface area contributed by atoms with Gasteiger partial charge in [0.2, 0.25) is 5.91 Å². The van der Waals surface area contributed by atoms with E-state index in [0.29, 0.717) is 11.3 Å². The summed E-state index contributed by atoms with van der Waals surface area (Å²) >= 11 is 0. The molecule has 0 aliphatic carbocycles. The lowest BCUT2D eigenvalue weighted by Gasteiger charge is -2.06. The van der Waals surface area contributed by atoms with Gasteiger partial charge in [0.1, 0.15) is 13.2 Å². The summed E-state index contributed by atoms with van der Waals surface area (Å²) in [5.41, 5.74) is 1.02. The molecule has 1 rings (SSSR count). The van der Waals surface area contributed by atoms with E-state index >= 15 is 0 Å². The Kier molecular flexibility index (Phi) is 6.55. The Balaban J connectivity index is 2.55. The number of Topliss-reactive ketones (excluding diaryl/α,β-unsaturated/α-hetero) is 2. The summed E-state index contributed by atoms with van der Waals surface area (Å²) < 4.78 is 9.39. The summed E-state index contributed by atoms with van der Waals surface area (Å²) in [5, 5.41) is 2.57. The number of ketones is 2. The van der Waals surface area contributed by atoms with Gasteiger partial charge in [-0.15, -0.1) is 0 Å².